The van der Waals surface area contributed by atoms with Gasteiger partial charge in [0.2, 0.25) is 5.91 Å². The van der Waals surface area contributed by atoms with E-state index in [1.54, 1.807) is 0 Å². The fraction of sp³-hybridized carbons (Fsp3) is 0.421. The lowest BCUT2D eigenvalue weighted by Crippen LogP contribution is -2.40. The highest BCUT2D eigenvalue weighted by Crippen LogP contribution is 2.34. The first-order chi connectivity index (χ1) is 13.1. The van der Waals surface area contributed by atoms with Crippen molar-refractivity contribution in [2.45, 2.75) is 18.9 Å². The van der Waals surface area contributed by atoms with Crippen molar-refractivity contribution < 1.29 is 9.59 Å². The maximum Gasteiger partial charge on any atom is 0.285 e. The minimum atomic E-state index is -0.236. The van der Waals surface area contributed by atoms with Gasteiger partial charge in [0.05, 0.1) is 10.9 Å². The molecule has 2 fully saturated rings. The minimum Gasteiger partial charge on any atom is -0.369 e. The molecule has 1 aromatic rings. The van der Waals surface area contributed by atoms with Crippen molar-refractivity contribution in [3.8, 4) is 0 Å². The van der Waals surface area contributed by atoms with Gasteiger partial charge < -0.3 is 10.6 Å². The highest BCUT2D eigenvalue weighted by atomic mass is 32.2. The molecule has 3 aliphatic heterocycles. The Labute approximate surface area is 162 Å². The summed E-state index contributed by atoms with van der Waals surface area (Å²) in [6.07, 6.45) is 3.47. The van der Waals surface area contributed by atoms with Gasteiger partial charge in [0.15, 0.2) is 5.17 Å². The molecule has 4 N–H and O–H groups in total. The molecular weight excluding hydrogens is 362 g/mol. The van der Waals surface area contributed by atoms with E-state index in [9.17, 15) is 9.59 Å². The smallest absolute Gasteiger partial charge is 0.285 e. The van der Waals surface area contributed by atoms with Gasteiger partial charge in [-0.3, -0.25) is 15.0 Å². The van der Waals surface area contributed by atoms with Crippen LogP contribution in [0.25, 0.3) is 0 Å². The third-order valence-corrected chi connectivity index (χ3v) is 6.39. The standard InChI is InChI=1S/C19H23N5O2S/c20-17(25)13-6-8-24(9-7-13)19-22-18(26)15(27-19)10-14-11-21-23-16(14)12-4-2-1-3-5-12/h1-5,10,13-14,16,21,23H,6-9,11H2,(H2,20,25)/b15-10+. The summed E-state index contributed by atoms with van der Waals surface area (Å²) in [6, 6.07) is 10.3. The van der Waals surface area contributed by atoms with Crippen LogP contribution in [-0.2, 0) is 9.59 Å². The maximum atomic E-state index is 12.4. The Balaban J connectivity index is 1.42. The summed E-state index contributed by atoms with van der Waals surface area (Å²) in [4.78, 5) is 30.7. The quantitative estimate of drug-likeness (QED) is 0.676. The van der Waals surface area contributed by atoms with Crippen molar-refractivity contribution in [1.82, 2.24) is 15.8 Å². The number of amidine groups is 1. The van der Waals surface area contributed by atoms with Crippen LogP contribution in [-0.4, -0.2) is 41.5 Å². The van der Waals surface area contributed by atoms with Crippen molar-refractivity contribution in [2.24, 2.45) is 22.6 Å². The Kier molecular flexibility index (Phi) is 5.29. The maximum absolute atomic E-state index is 12.4. The van der Waals surface area contributed by atoms with Gasteiger partial charge in [-0.25, -0.2) is 5.43 Å². The number of amides is 2. The lowest BCUT2D eigenvalue weighted by Gasteiger charge is -2.31. The molecule has 142 valence electrons. The number of primary amides is 1. The second-order valence-electron chi connectivity index (χ2n) is 7.07. The van der Waals surface area contributed by atoms with Gasteiger partial charge in [0.25, 0.3) is 5.91 Å². The first kappa shape index (κ1) is 18.2. The molecule has 8 heteroatoms. The van der Waals surface area contributed by atoms with Crippen molar-refractivity contribution in [1.29, 1.82) is 0 Å². The first-order valence-corrected chi connectivity index (χ1v) is 10.0. The number of nitrogens with one attached hydrogen (secondary N) is 2. The monoisotopic (exact) mass is 385 g/mol. The molecule has 1 aromatic carbocycles. The number of thioether (sulfide) groups is 1. The molecular formula is C19H23N5O2S. The topological polar surface area (TPSA) is 99.8 Å². The first-order valence-electron chi connectivity index (χ1n) is 9.22. The van der Waals surface area contributed by atoms with Crippen LogP contribution in [0.5, 0.6) is 0 Å². The number of hydrogen-bond acceptors (Lipinski definition) is 6. The van der Waals surface area contributed by atoms with Crippen molar-refractivity contribution in [2.75, 3.05) is 19.6 Å². The van der Waals surface area contributed by atoms with E-state index < -0.39 is 0 Å². The summed E-state index contributed by atoms with van der Waals surface area (Å²) in [5, 5.41) is 0.740. The van der Waals surface area contributed by atoms with Crippen LogP contribution in [0, 0.1) is 11.8 Å². The molecule has 2 atom stereocenters. The van der Waals surface area contributed by atoms with Crippen LogP contribution in [0.1, 0.15) is 24.4 Å². The third kappa shape index (κ3) is 3.92. The summed E-state index contributed by atoms with van der Waals surface area (Å²) in [5.41, 5.74) is 13.1. The summed E-state index contributed by atoms with van der Waals surface area (Å²) in [6.45, 7) is 2.18. The molecule has 2 amide bonds. The Hall–Kier alpha value is -2.16. The van der Waals surface area contributed by atoms with Gasteiger partial charge in [0, 0.05) is 31.5 Å². The van der Waals surface area contributed by atoms with E-state index in [4.69, 9.17) is 5.73 Å². The predicted octanol–water partition coefficient (Wildman–Crippen LogP) is 1.16. The third-order valence-electron chi connectivity index (χ3n) is 5.32. The average molecular weight is 385 g/mol. The van der Waals surface area contributed by atoms with Crippen LogP contribution in [0.3, 0.4) is 0 Å². The number of piperidine rings is 1. The number of hydrazine groups is 1. The molecule has 0 radical (unpaired) electrons. The largest absolute Gasteiger partial charge is 0.369 e. The Bertz CT molecular complexity index is 787. The SMILES string of the molecule is NC(=O)C1CCN(C2=NC(=O)/C(=C\C3CNNC3c3ccccc3)S2)CC1. The molecule has 0 saturated carbocycles. The van der Waals surface area contributed by atoms with E-state index in [1.807, 2.05) is 24.3 Å². The van der Waals surface area contributed by atoms with Gasteiger partial charge in [-0.1, -0.05) is 36.4 Å². The molecule has 4 rings (SSSR count). The van der Waals surface area contributed by atoms with Gasteiger partial charge in [0.1, 0.15) is 0 Å². The predicted molar refractivity (Wildman–Crippen MR) is 105 cm³/mol. The van der Waals surface area contributed by atoms with Crippen molar-refractivity contribution >= 4 is 28.7 Å². The van der Waals surface area contributed by atoms with Crippen molar-refractivity contribution in [3.63, 3.8) is 0 Å². The molecule has 3 heterocycles. The zero-order valence-corrected chi connectivity index (χ0v) is 15.7. The van der Waals surface area contributed by atoms with E-state index in [2.05, 4.69) is 32.9 Å². The van der Waals surface area contributed by atoms with Crippen molar-refractivity contribution in [3.05, 3.63) is 46.9 Å². The second kappa shape index (κ2) is 7.84. The molecule has 27 heavy (non-hydrogen) atoms. The fourth-order valence-corrected chi connectivity index (χ4v) is 4.77. The summed E-state index contributed by atoms with van der Waals surface area (Å²) in [7, 11) is 0. The number of hydrogen-bond donors (Lipinski definition) is 3. The number of benzene rings is 1. The number of nitrogens with two attached hydrogens (primary N) is 1. The molecule has 0 spiro atoms. The van der Waals surface area contributed by atoms with Crippen LogP contribution in [0.15, 0.2) is 46.3 Å². The minimum absolute atomic E-state index is 0.0683. The van der Waals surface area contributed by atoms with Gasteiger partial charge in [-0.05, 0) is 30.2 Å². The van der Waals surface area contributed by atoms with Crippen LogP contribution in [0.4, 0.5) is 0 Å². The molecule has 7 nitrogen and oxygen atoms in total. The fourth-order valence-electron chi connectivity index (χ4n) is 3.75. The highest BCUT2D eigenvalue weighted by molar-refractivity contribution is 8.18. The Morgan fingerprint density at radius 1 is 1.26 bits per heavy atom. The second-order valence-corrected chi connectivity index (χ2v) is 8.08. The number of carbonyl (C=O) groups is 2. The number of likely N-dealkylation sites (tertiary alicyclic amines) is 1. The lowest BCUT2D eigenvalue weighted by molar-refractivity contribution is -0.123. The number of rotatable bonds is 3. The van der Waals surface area contributed by atoms with E-state index >= 15 is 0 Å². The molecule has 2 unspecified atom stereocenters. The number of aliphatic imine (C=N–C) groups is 1. The lowest BCUT2D eigenvalue weighted by atomic mass is 9.94. The van der Waals surface area contributed by atoms with Crippen LogP contribution in [0.2, 0.25) is 0 Å². The number of carbonyl (C=O) groups excluding carboxylic acids is 2. The molecule has 2 saturated heterocycles. The van der Waals surface area contributed by atoms with Crippen LogP contribution < -0.4 is 16.6 Å². The van der Waals surface area contributed by atoms with Gasteiger partial charge in [-0.2, -0.15) is 4.99 Å². The zero-order valence-electron chi connectivity index (χ0n) is 14.9. The Morgan fingerprint density at radius 2 is 2.00 bits per heavy atom. The van der Waals surface area contributed by atoms with E-state index in [1.165, 1.54) is 17.3 Å². The normalized spacial score (nSPS) is 28.0. The zero-order chi connectivity index (χ0) is 18.8. The molecule has 0 aromatic heterocycles. The molecule has 0 aliphatic carbocycles. The summed E-state index contributed by atoms with van der Waals surface area (Å²) in [5.74, 6) is -0.304. The van der Waals surface area contributed by atoms with E-state index in [0.29, 0.717) is 30.8 Å². The number of nitrogens with zero attached hydrogens (tertiary/aromatic N) is 2. The van der Waals surface area contributed by atoms with Gasteiger partial charge in [-0.15, -0.1) is 0 Å². The van der Waals surface area contributed by atoms with E-state index in [0.717, 1.165) is 11.7 Å². The van der Waals surface area contributed by atoms with Gasteiger partial charge >= 0.3 is 0 Å². The Morgan fingerprint density at radius 3 is 2.70 bits per heavy atom. The average Bonchev–Trinajstić information content (AvgIpc) is 3.30. The highest BCUT2D eigenvalue weighted by Gasteiger charge is 2.33. The molecule has 0 bridgehead atoms. The molecule has 3 aliphatic rings. The summed E-state index contributed by atoms with van der Waals surface area (Å²) < 4.78 is 0. The van der Waals surface area contributed by atoms with Crippen LogP contribution >= 0.6 is 11.8 Å². The summed E-state index contributed by atoms with van der Waals surface area (Å²) >= 11 is 1.43. The van der Waals surface area contributed by atoms with E-state index in [-0.39, 0.29) is 29.7 Å².